The molecule has 0 saturated carbocycles. The number of thiophene rings is 2. The van der Waals surface area contributed by atoms with Crippen LogP contribution < -0.4 is 8.61 Å². The number of hydrogen-bond acceptors (Lipinski definition) is 7. The van der Waals surface area contributed by atoms with Gasteiger partial charge >= 0.3 is 12.4 Å². The molecule has 0 spiro atoms. The van der Waals surface area contributed by atoms with E-state index in [0.29, 0.717) is 45.6 Å². The molecular formula is C45H30F8N2O5S4. The van der Waals surface area contributed by atoms with Crippen molar-refractivity contribution in [3.05, 3.63) is 191 Å². The fourth-order valence-electron chi connectivity index (χ4n) is 6.54. The highest BCUT2D eigenvalue weighted by Crippen LogP contribution is 2.42. The van der Waals surface area contributed by atoms with Crippen molar-refractivity contribution in [2.75, 3.05) is 8.61 Å². The minimum absolute atomic E-state index is 0.00520. The summed E-state index contributed by atoms with van der Waals surface area (Å²) in [6.45, 7) is -0.915. The summed E-state index contributed by atoms with van der Waals surface area (Å²) >= 11 is 2.24. The van der Waals surface area contributed by atoms with Crippen molar-refractivity contribution in [2.24, 2.45) is 0 Å². The first-order valence-corrected chi connectivity index (χ1v) is 23.1. The Kier molecular flexibility index (Phi) is 13.0. The lowest BCUT2D eigenvalue weighted by Crippen LogP contribution is -2.30. The van der Waals surface area contributed by atoms with E-state index in [1.807, 2.05) is 24.3 Å². The Bertz CT molecular complexity index is 3160. The van der Waals surface area contributed by atoms with E-state index in [2.05, 4.69) is 0 Å². The highest BCUT2D eigenvalue weighted by atomic mass is 32.2. The Balaban J connectivity index is 0.000000192. The number of benzene rings is 6. The molecule has 0 fully saturated rings. The SMILES string of the molecule is O=Cc1c(N(Cc2ccc(F)c(C(F)(F)F)c2)S(=O)(=O)c2ccccc2)sc2ccccc12.O=S(=O)(c1ccccc1)N(Cc1ccc(F)c(C(F)(F)F)c1)c1cc2ccccc2s1. The van der Waals surface area contributed by atoms with Gasteiger partial charge in [-0.15, -0.1) is 22.7 Å². The summed E-state index contributed by atoms with van der Waals surface area (Å²) in [5, 5.41) is 1.75. The van der Waals surface area contributed by atoms with E-state index in [1.54, 1.807) is 54.6 Å². The molecule has 0 N–H and O–H groups in total. The zero-order valence-electron chi connectivity index (χ0n) is 32.5. The number of halogens is 8. The number of alkyl halides is 6. The number of anilines is 2. The Hall–Kier alpha value is -6.15. The molecule has 0 bridgehead atoms. The monoisotopic (exact) mass is 958 g/mol. The molecule has 330 valence electrons. The maximum absolute atomic E-state index is 13.8. The van der Waals surface area contributed by atoms with Gasteiger partial charge in [-0.1, -0.05) is 84.9 Å². The van der Waals surface area contributed by atoms with E-state index >= 15 is 0 Å². The summed E-state index contributed by atoms with van der Waals surface area (Å²) in [6, 6.07) is 35.5. The summed E-state index contributed by atoms with van der Waals surface area (Å²) in [5.41, 5.74) is -2.89. The van der Waals surface area contributed by atoms with Crippen molar-refractivity contribution >= 4 is 79.2 Å². The van der Waals surface area contributed by atoms with Gasteiger partial charge in [0.15, 0.2) is 6.29 Å². The molecule has 8 rings (SSSR count). The van der Waals surface area contributed by atoms with Crippen molar-refractivity contribution < 1.29 is 56.8 Å². The molecule has 64 heavy (non-hydrogen) atoms. The highest BCUT2D eigenvalue weighted by Gasteiger charge is 2.37. The quantitative estimate of drug-likeness (QED) is 0.0951. The Morgan fingerprint density at radius 3 is 1.47 bits per heavy atom. The van der Waals surface area contributed by atoms with E-state index in [4.69, 9.17) is 0 Å². The number of carbonyl (C=O) groups excluding carboxylic acids is 1. The van der Waals surface area contributed by atoms with E-state index in [0.717, 1.165) is 42.2 Å². The van der Waals surface area contributed by atoms with E-state index < -0.39 is 61.7 Å². The van der Waals surface area contributed by atoms with Gasteiger partial charge in [-0.05, 0) is 83.2 Å². The maximum Gasteiger partial charge on any atom is 0.419 e. The van der Waals surface area contributed by atoms with Gasteiger partial charge in [-0.2, -0.15) is 26.3 Å². The van der Waals surface area contributed by atoms with Crippen LogP contribution in [0.4, 0.5) is 45.1 Å². The fraction of sp³-hybridized carbons (Fsp3) is 0.0889. The van der Waals surface area contributed by atoms with Crippen molar-refractivity contribution in [1.82, 2.24) is 0 Å². The van der Waals surface area contributed by atoms with Crippen LogP contribution in [0.3, 0.4) is 0 Å². The molecule has 0 aliphatic carbocycles. The van der Waals surface area contributed by atoms with Crippen molar-refractivity contribution in [1.29, 1.82) is 0 Å². The topological polar surface area (TPSA) is 91.8 Å². The van der Waals surface area contributed by atoms with Crippen LogP contribution in [0.2, 0.25) is 0 Å². The molecule has 7 nitrogen and oxygen atoms in total. The number of aldehydes is 1. The van der Waals surface area contributed by atoms with Gasteiger partial charge in [-0.3, -0.25) is 13.4 Å². The fourth-order valence-corrected chi connectivity index (χ4v) is 12.2. The molecule has 0 atom stereocenters. The number of sulfonamides is 2. The minimum atomic E-state index is -4.95. The lowest BCUT2D eigenvalue weighted by atomic mass is 10.1. The summed E-state index contributed by atoms with van der Waals surface area (Å²) in [7, 11) is -8.37. The number of carbonyl (C=O) groups is 1. The van der Waals surface area contributed by atoms with Crippen LogP contribution in [0, 0.1) is 11.6 Å². The van der Waals surface area contributed by atoms with Gasteiger partial charge < -0.3 is 0 Å². The summed E-state index contributed by atoms with van der Waals surface area (Å²) in [5.74, 6) is -2.87. The first-order valence-electron chi connectivity index (χ1n) is 18.6. The van der Waals surface area contributed by atoms with Gasteiger partial charge in [0, 0.05) is 14.8 Å². The largest absolute Gasteiger partial charge is 0.419 e. The number of fused-ring (bicyclic) bond motifs is 2. The molecule has 0 aliphatic rings. The normalized spacial score (nSPS) is 12.2. The van der Waals surface area contributed by atoms with Crippen molar-refractivity contribution in [3.63, 3.8) is 0 Å². The molecule has 0 radical (unpaired) electrons. The van der Waals surface area contributed by atoms with Crippen molar-refractivity contribution in [3.8, 4) is 0 Å². The molecule has 0 aliphatic heterocycles. The lowest BCUT2D eigenvalue weighted by Gasteiger charge is -2.24. The Morgan fingerprint density at radius 2 is 0.969 bits per heavy atom. The van der Waals surface area contributed by atoms with Crippen LogP contribution in [0.15, 0.2) is 161 Å². The molecule has 19 heteroatoms. The predicted molar refractivity (Wildman–Crippen MR) is 231 cm³/mol. The standard InChI is InChI=1S/C23H15F4NO3S2.C22H15F4NO2S2/c24-20-11-10-15(12-19(20)23(25,26)27)13-28(33(30,31)16-6-2-1-3-7-16)22-18(14-29)17-8-4-5-9-21(17)32-22;23-19-11-10-15(12-18(19)22(24,25)26)14-27(31(28,29)17-7-2-1-3-8-17)21-13-16-6-4-5-9-20(16)30-21/h1-12,14H,13H2;1-13H,14H2. The van der Waals surface area contributed by atoms with E-state index in [1.165, 1.54) is 47.7 Å². The third kappa shape index (κ3) is 9.67. The second-order valence-corrected chi connectivity index (χ2v) is 19.6. The van der Waals surface area contributed by atoms with Gasteiger partial charge in [0.25, 0.3) is 20.0 Å². The Morgan fingerprint density at radius 1 is 0.516 bits per heavy atom. The van der Waals surface area contributed by atoms with Gasteiger partial charge in [0.2, 0.25) is 0 Å². The number of hydrogen-bond donors (Lipinski definition) is 0. The molecule has 8 aromatic rings. The average molecular weight is 959 g/mol. The lowest BCUT2D eigenvalue weighted by molar-refractivity contribution is -0.140. The molecular weight excluding hydrogens is 929 g/mol. The summed E-state index contributed by atoms with van der Waals surface area (Å²) < 4.78 is 164. The molecule has 0 unspecified atom stereocenters. The first-order chi connectivity index (χ1) is 30.3. The van der Waals surface area contributed by atoms with Crippen molar-refractivity contribution in [2.45, 2.75) is 35.2 Å². The third-order valence-corrected chi connectivity index (χ3v) is 15.7. The average Bonchev–Trinajstić information content (AvgIpc) is 3.87. The summed E-state index contributed by atoms with van der Waals surface area (Å²) in [6.07, 6.45) is -9.32. The summed E-state index contributed by atoms with van der Waals surface area (Å²) in [4.78, 5) is 11.8. The second kappa shape index (κ2) is 18.1. The smallest absolute Gasteiger partial charge is 0.298 e. The molecule has 2 heterocycles. The zero-order chi connectivity index (χ0) is 46.0. The molecule has 6 aromatic carbocycles. The highest BCUT2D eigenvalue weighted by molar-refractivity contribution is 7.93. The molecule has 0 amide bonds. The number of nitrogens with zero attached hydrogens (tertiary/aromatic N) is 2. The zero-order valence-corrected chi connectivity index (χ0v) is 35.8. The third-order valence-electron chi connectivity index (χ3n) is 9.60. The van der Waals surface area contributed by atoms with E-state index in [9.17, 15) is 56.8 Å². The van der Waals surface area contributed by atoms with E-state index in [-0.39, 0.29) is 38.0 Å². The minimum Gasteiger partial charge on any atom is -0.298 e. The van der Waals surface area contributed by atoms with Crippen LogP contribution >= 0.6 is 22.7 Å². The Labute approximate surface area is 369 Å². The van der Waals surface area contributed by atoms with Gasteiger partial charge in [0.1, 0.15) is 21.6 Å². The van der Waals surface area contributed by atoms with Crippen LogP contribution in [0.1, 0.15) is 32.6 Å². The second-order valence-electron chi connectivity index (χ2n) is 13.8. The van der Waals surface area contributed by atoms with Crippen LogP contribution in [0.5, 0.6) is 0 Å². The predicted octanol–water partition coefficient (Wildman–Crippen LogP) is 12.7. The van der Waals surface area contributed by atoms with Gasteiger partial charge in [-0.25, -0.2) is 25.6 Å². The van der Waals surface area contributed by atoms with Gasteiger partial charge in [0.05, 0.1) is 39.6 Å². The maximum atomic E-state index is 13.8. The number of rotatable bonds is 11. The molecule has 2 aromatic heterocycles. The van der Waals surface area contributed by atoms with Crippen LogP contribution in [0.25, 0.3) is 20.2 Å². The molecule has 0 saturated heterocycles. The first kappa shape index (κ1) is 45.9. The van der Waals surface area contributed by atoms with Crippen LogP contribution in [-0.2, 0) is 45.5 Å². The van der Waals surface area contributed by atoms with Crippen LogP contribution in [-0.4, -0.2) is 23.1 Å².